The molecule has 0 amide bonds. The Morgan fingerprint density at radius 2 is 2.44 bits per heavy atom. The monoisotopic (exact) mass is 192 g/mol. The Hall–Kier alpha value is 0.440. The molecule has 0 radical (unpaired) electrons. The van der Waals surface area contributed by atoms with Gasteiger partial charge in [0.25, 0.3) is 0 Å². The molecule has 0 aromatic rings. The minimum atomic E-state index is 0.415. The normalized spacial score (nSPS) is 36.7. The van der Waals surface area contributed by atoms with Gasteiger partial charge < -0.3 is 4.74 Å². The zero-order valence-electron chi connectivity index (χ0n) is 5.82. The molecule has 0 bridgehead atoms. The average molecular weight is 193 g/mol. The van der Waals surface area contributed by atoms with E-state index in [2.05, 4.69) is 22.9 Å². The Labute approximate surface area is 64.9 Å². The van der Waals surface area contributed by atoms with Crippen LogP contribution in [0.5, 0.6) is 0 Å². The van der Waals surface area contributed by atoms with Gasteiger partial charge in [0.15, 0.2) is 0 Å². The molecule has 0 spiro atoms. The molecule has 0 aromatic heterocycles. The van der Waals surface area contributed by atoms with Crippen molar-refractivity contribution in [2.45, 2.75) is 19.8 Å². The predicted octanol–water partition coefficient (Wildman–Crippen LogP) is 2.20. The summed E-state index contributed by atoms with van der Waals surface area (Å²) in [6, 6.07) is 0. The maximum Gasteiger partial charge on any atom is 0.0527 e. The standard InChI is InChI=1S/C7H13BrO/c1-7(5-8)3-2-4-9-6-7/h2-6H2,1H3/t7-/m0/s1. The minimum Gasteiger partial charge on any atom is -0.381 e. The van der Waals surface area contributed by atoms with Gasteiger partial charge in [-0.05, 0) is 12.8 Å². The van der Waals surface area contributed by atoms with E-state index in [0.29, 0.717) is 5.41 Å². The van der Waals surface area contributed by atoms with Crippen molar-refractivity contribution in [2.75, 3.05) is 18.5 Å². The van der Waals surface area contributed by atoms with Gasteiger partial charge in [0.2, 0.25) is 0 Å². The van der Waals surface area contributed by atoms with Crippen LogP contribution in [0.4, 0.5) is 0 Å². The maximum atomic E-state index is 5.35. The van der Waals surface area contributed by atoms with E-state index in [1.165, 1.54) is 12.8 Å². The van der Waals surface area contributed by atoms with Crippen molar-refractivity contribution in [1.29, 1.82) is 0 Å². The Morgan fingerprint density at radius 3 is 2.78 bits per heavy atom. The fraction of sp³-hybridized carbons (Fsp3) is 1.00. The number of alkyl halides is 1. The molecule has 1 atom stereocenters. The van der Waals surface area contributed by atoms with E-state index in [0.717, 1.165) is 18.5 Å². The van der Waals surface area contributed by atoms with Crippen molar-refractivity contribution in [2.24, 2.45) is 5.41 Å². The Bertz CT molecular complexity index is 86.9. The van der Waals surface area contributed by atoms with Crippen molar-refractivity contribution in [1.82, 2.24) is 0 Å². The predicted molar refractivity (Wildman–Crippen MR) is 42.0 cm³/mol. The lowest BCUT2D eigenvalue weighted by molar-refractivity contribution is 0.0159. The maximum absolute atomic E-state index is 5.35. The molecule has 54 valence electrons. The lowest BCUT2D eigenvalue weighted by Gasteiger charge is -2.31. The summed E-state index contributed by atoms with van der Waals surface area (Å²) in [5.74, 6) is 0. The first-order valence-corrected chi connectivity index (χ1v) is 4.53. The molecule has 1 rings (SSSR count). The van der Waals surface area contributed by atoms with Crippen LogP contribution in [0.1, 0.15) is 19.8 Å². The summed E-state index contributed by atoms with van der Waals surface area (Å²) in [5.41, 5.74) is 0.415. The fourth-order valence-corrected chi connectivity index (χ4v) is 1.54. The summed E-state index contributed by atoms with van der Waals surface area (Å²) in [7, 11) is 0. The van der Waals surface area contributed by atoms with Crippen molar-refractivity contribution in [3.8, 4) is 0 Å². The number of halogens is 1. The van der Waals surface area contributed by atoms with Crippen LogP contribution in [-0.2, 0) is 4.74 Å². The molecule has 1 aliphatic heterocycles. The lowest BCUT2D eigenvalue weighted by Crippen LogP contribution is -2.29. The molecule has 0 unspecified atom stereocenters. The SMILES string of the molecule is C[C@@]1(CBr)CCCOC1. The summed E-state index contributed by atoms with van der Waals surface area (Å²) in [4.78, 5) is 0. The van der Waals surface area contributed by atoms with Crippen LogP contribution in [0.25, 0.3) is 0 Å². The molecular weight excluding hydrogens is 180 g/mol. The third-order valence-corrected chi connectivity index (χ3v) is 3.20. The van der Waals surface area contributed by atoms with Crippen LogP contribution in [0.2, 0.25) is 0 Å². The average Bonchev–Trinajstić information content (AvgIpc) is 1.90. The number of hydrogen-bond donors (Lipinski definition) is 0. The van der Waals surface area contributed by atoms with Crippen molar-refractivity contribution in [3.63, 3.8) is 0 Å². The summed E-state index contributed by atoms with van der Waals surface area (Å²) in [6.45, 7) is 4.15. The first kappa shape index (κ1) is 7.55. The van der Waals surface area contributed by atoms with Gasteiger partial charge in [0, 0.05) is 17.4 Å². The van der Waals surface area contributed by atoms with Gasteiger partial charge in [0.1, 0.15) is 0 Å². The quantitative estimate of drug-likeness (QED) is 0.580. The Morgan fingerprint density at radius 1 is 1.67 bits per heavy atom. The molecule has 1 fully saturated rings. The molecule has 0 aliphatic carbocycles. The van der Waals surface area contributed by atoms with Crippen LogP contribution in [-0.4, -0.2) is 18.5 Å². The first-order chi connectivity index (χ1) is 4.27. The highest BCUT2D eigenvalue weighted by Crippen LogP contribution is 2.29. The van der Waals surface area contributed by atoms with E-state index in [1.807, 2.05) is 0 Å². The van der Waals surface area contributed by atoms with E-state index >= 15 is 0 Å². The molecule has 1 saturated heterocycles. The third kappa shape index (κ3) is 1.94. The molecule has 0 N–H and O–H groups in total. The smallest absolute Gasteiger partial charge is 0.0527 e. The van der Waals surface area contributed by atoms with Crippen molar-refractivity contribution < 1.29 is 4.74 Å². The highest BCUT2D eigenvalue weighted by molar-refractivity contribution is 9.09. The van der Waals surface area contributed by atoms with E-state index < -0.39 is 0 Å². The zero-order valence-corrected chi connectivity index (χ0v) is 7.41. The molecule has 1 nitrogen and oxygen atoms in total. The highest BCUT2D eigenvalue weighted by Gasteiger charge is 2.25. The number of ether oxygens (including phenoxy) is 1. The second kappa shape index (κ2) is 3.02. The number of hydrogen-bond acceptors (Lipinski definition) is 1. The van der Waals surface area contributed by atoms with Gasteiger partial charge in [-0.1, -0.05) is 22.9 Å². The molecule has 1 heterocycles. The fourth-order valence-electron chi connectivity index (χ4n) is 1.10. The van der Waals surface area contributed by atoms with Gasteiger partial charge in [-0.25, -0.2) is 0 Å². The third-order valence-electron chi connectivity index (χ3n) is 1.84. The van der Waals surface area contributed by atoms with Crippen LogP contribution in [0.15, 0.2) is 0 Å². The van der Waals surface area contributed by atoms with Crippen molar-refractivity contribution in [3.05, 3.63) is 0 Å². The summed E-state index contributed by atoms with van der Waals surface area (Å²) < 4.78 is 5.35. The topological polar surface area (TPSA) is 9.23 Å². The van der Waals surface area contributed by atoms with Crippen LogP contribution >= 0.6 is 15.9 Å². The minimum absolute atomic E-state index is 0.415. The van der Waals surface area contributed by atoms with Crippen LogP contribution in [0, 0.1) is 5.41 Å². The molecule has 1 aliphatic rings. The zero-order chi connectivity index (χ0) is 6.74. The van der Waals surface area contributed by atoms with E-state index in [1.54, 1.807) is 0 Å². The molecule has 2 heteroatoms. The van der Waals surface area contributed by atoms with Gasteiger partial charge in [-0.2, -0.15) is 0 Å². The van der Waals surface area contributed by atoms with Gasteiger partial charge >= 0.3 is 0 Å². The molecular formula is C7H13BrO. The van der Waals surface area contributed by atoms with E-state index in [9.17, 15) is 0 Å². The van der Waals surface area contributed by atoms with E-state index in [4.69, 9.17) is 4.74 Å². The summed E-state index contributed by atoms with van der Waals surface area (Å²) in [6.07, 6.45) is 2.53. The first-order valence-electron chi connectivity index (χ1n) is 3.41. The number of rotatable bonds is 1. The second-order valence-corrected chi connectivity index (χ2v) is 3.66. The Kier molecular flexibility index (Phi) is 2.53. The van der Waals surface area contributed by atoms with Gasteiger partial charge in [-0.3, -0.25) is 0 Å². The molecule has 9 heavy (non-hydrogen) atoms. The van der Waals surface area contributed by atoms with Gasteiger partial charge in [0.05, 0.1) is 6.61 Å². The summed E-state index contributed by atoms with van der Waals surface area (Å²) >= 11 is 3.49. The molecule has 0 saturated carbocycles. The second-order valence-electron chi connectivity index (χ2n) is 3.10. The Balaban J connectivity index is 2.37. The molecule has 0 aromatic carbocycles. The van der Waals surface area contributed by atoms with Crippen LogP contribution < -0.4 is 0 Å². The highest BCUT2D eigenvalue weighted by atomic mass is 79.9. The summed E-state index contributed by atoms with van der Waals surface area (Å²) in [5, 5.41) is 1.07. The van der Waals surface area contributed by atoms with Gasteiger partial charge in [-0.15, -0.1) is 0 Å². The van der Waals surface area contributed by atoms with Crippen molar-refractivity contribution >= 4 is 15.9 Å². The van der Waals surface area contributed by atoms with Crippen LogP contribution in [0.3, 0.4) is 0 Å². The van der Waals surface area contributed by atoms with E-state index in [-0.39, 0.29) is 0 Å². The largest absolute Gasteiger partial charge is 0.381 e. The lowest BCUT2D eigenvalue weighted by atomic mass is 9.87.